The second-order valence-electron chi connectivity index (χ2n) is 28.9. The van der Waals surface area contributed by atoms with E-state index in [1.54, 1.807) is 73.4 Å². The van der Waals surface area contributed by atoms with Gasteiger partial charge in [-0.2, -0.15) is 0 Å². The number of rotatable bonds is 4. The van der Waals surface area contributed by atoms with Gasteiger partial charge in [0.1, 0.15) is 46.0 Å². The third-order valence-corrected chi connectivity index (χ3v) is 22.8. The number of fused-ring (bicyclic) bond motifs is 9. The average molecular weight is 1220 g/mol. The topological polar surface area (TPSA) is 236 Å². The Morgan fingerprint density at radius 3 is 1.24 bits per heavy atom. The average Bonchev–Trinajstić information content (AvgIpc) is 1.48. The van der Waals surface area contributed by atoms with Crippen molar-refractivity contribution in [1.82, 2.24) is 0 Å². The van der Waals surface area contributed by atoms with Crippen LogP contribution in [-0.2, 0) is 40.8 Å². The van der Waals surface area contributed by atoms with Crippen molar-refractivity contribution >= 4 is 48.7 Å². The summed E-state index contributed by atoms with van der Waals surface area (Å²) in [6.07, 6.45) is 12.0. The van der Waals surface area contributed by atoms with E-state index in [2.05, 4.69) is 48.5 Å². The van der Waals surface area contributed by atoms with Crippen molar-refractivity contribution in [3.63, 3.8) is 0 Å². The van der Waals surface area contributed by atoms with Gasteiger partial charge in [-0.15, -0.1) is 0 Å². The minimum absolute atomic E-state index is 0.0168. The molecule has 4 N–H and O–H groups in total. The van der Waals surface area contributed by atoms with Crippen molar-refractivity contribution in [2.24, 2.45) is 48.1 Å². The fourth-order valence-corrected chi connectivity index (χ4v) is 18.6. The molecule has 4 aromatic rings. The molecule has 0 saturated heterocycles. The lowest BCUT2D eigenvalue weighted by Crippen LogP contribution is -2.66. The second kappa shape index (κ2) is 23.1. The van der Waals surface area contributed by atoms with Crippen LogP contribution >= 0.6 is 0 Å². The van der Waals surface area contributed by atoms with E-state index in [1.165, 1.54) is 0 Å². The summed E-state index contributed by atoms with van der Waals surface area (Å²) in [5.74, 6) is -2.76. The minimum atomic E-state index is -1.40. The van der Waals surface area contributed by atoms with Crippen LogP contribution in [-0.4, -0.2) is 93.3 Å². The summed E-state index contributed by atoms with van der Waals surface area (Å²) in [6.45, 7) is 24.8. The predicted molar refractivity (Wildman–Crippen MR) is 343 cm³/mol. The zero-order valence-corrected chi connectivity index (χ0v) is 54.0. The van der Waals surface area contributed by atoms with Gasteiger partial charge in [0.05, 0.1) is 24.2 Å². The van der Waals surface area contributed by atoms with Crippen molar-refractivity contribution in [1.29, 1.82) is 0 Å². The molecule has 0 radical (unpaired) electrons. The quantitative estimate of drug-likeness (QED) is 0.110. The van der Waals surface area contributed by atoms with Crippen LogP contribution in [0.25, 0.3) is 0 Å². The SMILES string of the molecule is CCC1N=Cc2cc3cc(c2O)C2(C)C4C2C25C(CC)(CCC(=O)Oc6cc(c(O)c(c6)C2(C)C)C=NC1CC)CCC(=O)Oc1cc(c(O)c(c1)C5(C)C)C=NC1CCCCC1N=Cc1cc(cc(C(C)(C)C)c1O)OC(=O)CCC4(CC)CCC(=O)O3. The molecule has 16 heteroatoms. The Labute approximate surface area is 523 Å². The first-order valence-corrected chi connectivity index (χ1v) is 32.6. The number of carbonyl (C=O) groups excluding carboxylic acids is 4. The molecule has 0 amide bonds. The van der Waals surface area contributed by atoms with Crippen molar-refractivity contribution in [3.8, 4) is 46.0 Å². The monoisotopic (exact) mass is 1210 g/mol. The maximum absolute atomic E-state index is 15.1. The third kappa shape index (κ3) is 10.4. The number of carbonyl (C=O) groups is 4. The molecule has 11 rings (SSSR count). The molecule has 5 heterocycles. The molecule has 2 aliphatic carbocycles. The normalized spacial score (nSPS) is 30.7. The number of benzene rings is 4. The Morgan fingerprint density at radius 1 is 0.472 bits per heavy atom. The summed E-state index contributed by atoms with van der Waals surface area (Å²) in [5, 5.41) is 52.7. The van der Waals surface area contributed by atoms with E-state index in [1.807, 2.05) is 34.6 Å². The van der Waals surface area contributed by atoms with Gasteiger partial charge in [-0.1, -0.05) is 102 Å². The van der Waals surface area contributed by atoms with E-state index >= 15 is 4.79 Å². The molecule has 474 valence electrons. The number of phenolic OH excluding ortho intramolecular Hbond substituents is 4. The van der Waals surface area contributed by atoms with Gasteiger partial charge in [0.25, 0.3) is 0 Å². The van der Waals surface area contributed by atoms with Gasteiger partial charge in [-0.3, -0.25) is 39.1 Å². The summed E-state index contributed by atoms with van der Waals surface area (Å²) in [6, 6.07) is 12.1. The molecular formula is C73H90N4O12. The smallest absolute Gasteiger partial charge is 0.311 e. The third-order valence-electron chi connectivity index (χ3n) is 22.8. The lowest BCUT2D eigenvalue weighted by molar-refractivity contribution is -0.154. The highest BCUT2D eigenvalue weighted by molar-refractivity contribution is 5.90. The maximum atomic E-state index is 15.1. The Hall–Kier alpha value is -7.36. The van der Waals surface area contributed by atoms with Crippen molar-refractivity contribution in [2.45, 2.75) is 232 Å². The first-order valence-electron chi connectivity index (χ1n) is 32.6. The summed E-state index contributed by atoms with van der Waals surface area (Å²) in [5.41, 5.74) is -4.72. The molecule has 16 nitrogen and oxygen atoms in total. The number of phenols is 4. The van der Waals surface area contributed by atoms with Crippen molar-refractivity contribution in [3.05, 3.63) is 93.0 Å². The molecule has 89 heavy (non-hydrogen) atoms. The van der Waals surface area contributed by atoms with Crippen LogP contribution < -0.4 is 18.9 Å². The molecule has 10 unspecified atom stereocenters. The van der Waals surface area contributed by atoms with Crippen LogP contribution in [0.5, 0.6) is 46.0 Å². The molecule has 1 spiro atoms. The Balaban J connectivity index is 1.32. The second-order valence-corrected chi connectivity index (χ2v) is 28.9. The van der Waals surface area contributed by atoms with Crippen LogP contribution in [0, 0.1) is 28.1 Å². The van der Waals surface area contributed by atoms with E-state index in [0.717, 1.165) is 12.8 Å². The summed E-state index contributed by atoms with van der Waals surface area (Å²) < 4.78 is 25.6. The fraction of sp³-hybridized carbons (Fsp3) is 0.562. The maximum Gasteiger partial charge on any atom is 0.311 e. The summed E-state index contributed by atoms with van der Waals surface area (Å²) in [4.78, 5) is 80.4. The zero-order chi connectivity index (χ0) is 64.0. The Bertz CT molecular complexity index is 3640. The number of ether oxygens (including phenoxy) is 4. The molecule has 5 aliphatic heterocycles. The van der Waals surface area contributed by atoms with E-state index in [-0.39, 0.29) is 109 Å². The minimum Gasteiger partial charge on any atom is -0.507 e. The molecule has 12 bridgehead atoms. The van der Waals surface area contributed by atoms with Crippen molar-refractivity contribution < 1.29 is 58.6 Å². The molecule has 7 aliphatic rings. The van der Waals surface area contributed by atoms with Crippen LogP contribution in [0.3, 0.4) is 0 Å². The van der Waals surface area contributed by atoms with Gasteiger partial charge in [0.15, 0.2) is 0 Å². The molecule has 2 saturated carbocycles. The van der Waals surface area contributed by atoms with E-state index < -0.39 is 85.7 Å². The van der Waals surface area contributed by atoms with Gasteiger partial charge in [0.2, 0.25) is 0 Å². The van der Waals surface area contributed by atoms with Gasteiger partial charge in [-0.05, 0) is 140 Å². The standard InChI is InChI=1S/C73H90N4O12/c1-13-53-54(14-2)75-38-44-32-48-36-52(64(44)85)70(12)65-66(70)73-68(8,9)50-34-46(30-42(37-74-53)62(50)83)87-59(80)23-27-72(73,16-4)28-24-60(81)88-47-31-43(63(84)51(35-47)69(73,10)11)40-77-56-20-18-17-19-55(56)76-39-41-29-45(33-49(61(41)82)67(5,6)7)86-57(78)21-25-71(65,15-3)26-22-58(79)89-48/h29-40,53-56,65-66,82-85H,13-28H2,1-12H3. The summed E-state index contributed by atoms with van der Waals surface area (Å²) >= 11 is 0. The van der Waals surface area contributed by atoms with Gasteiger partial charge in [-0.25, -0.2) is 0 Å². The van der Waals surface area contributed by atoms with E-state index in [9.17, 15) is 34.8 Å². The first-order chi connectivity index (χ1) is 42.1. The Morgan fingerprint density at radius 2 is 0.843 bits per heavy atom. The molecule has 0 aromatic heterocycles. The van der Waals surface area contributed by atoms with Gasteiger partial charge >= 0.3 is 23.9 Å². The highest BCUT2D eigenvalue weighted by Gasteiger charge is 2.83. The van der Waals surface area contributed by atoms with Crippen LogP contribution in [0.15, 0.2) is 68.5 Å². The highest BCUT2D eigenvalue weighted by atomic mass is 16.5. The van der Waals surface area contributed by atoms with Gasteiger partial charge in [0, 0.05) is 111 Å². The number of aliphatic imine (C=N–C) groups is 4. The number of hydrogen-bond donors (Lipinski definition) is 4. The van der Waals surface area contributed by atoms with Gasteiger partial charge < -0.3 is 39.4 Å². The lowest BCUT2D eigenvalue weighted by atomic mass is 9.35. The fourth-order valence-electron chi connectivity index (χ4n) is 18.6. The van der Waals surface area contributed by atoms with Crippen LogP contribution in [0.2, 0.25) is 0 Å². The first kappa shape index (κ1) is 63.2. The Kier molecular flexibility index (Phi) is 16.4. The number of aromatic hydroxyl groups is 4. The number of nitrogens with zero attached hydrogens (tertiary/aromatic N) is 4. The lowest BCUT2D eigenvalue weighted by Gasteiger charge is -2.68. The number of hydrogen-bond acceptors (Lipinski definition) is 16. The van der Waals surface area contributed by atoms with Crippen LogP contribution in [0.4, 0.5) is 0 Å². The highest BCUT2D eigenvalue weighted by Crippen LogP contribution is 2.86. The molecule has 4 aromatic carbocycles. The van der Waals surface area contributed by atoms with E-state index in [0.29, 0.717) is 83.0 Å². The van der Waals surface area contributed by atoms with E-state index in [4.69, 9.17) is 38.9 Å². The zero-order valence-electron chi connectivity index (χ0n) is 54.0. The number of esters is 4. The van der Waals surface area contributed by atoms with Crippen molar-refractivity contribution in [2.75, 3.05) is 0 Å². The predicted octanol–water partition coefficient (Wildman–Crippen LogP) is 14.1. The molecule has 10 atom stereocenters. The molecule has 2 fully saturated rings. The summed E-state index contributed by atoms with van der Waals surface area (Å²) in [7, 11) is 0. The van der Waals surface area contributed by atoms with Crippen LogP contribution in [0.1, 0.15) is 230 Å². The largest absolute Gasteiger partial charge is 0.507 e. The molecular weight excluding hydrogens is 1120 g/mol.